The molecule has 29 heavy (non-hydrogen) atoms. The Morgan fingerprint density at radius 1 is 1.10 bits per heavy atom. The summed E-state index contributed by atoms with van der Waals surface area (Å²) < 4.78 is 24.5. The van der Waals surface area contributed by atoms with Crippen molar-refractivity contribution in [2.24, 2.45) is 0 Å². The van der Waals surface area contributed by atoms with Crippen LogP contribution in [0.1, 0.15) is 32.7 Å². The largest absolute Gasteiger partial charge is 0.454 e. The van der Waals surface area contributed by atoms with Crippen molar-refractivity contribution in [1.82, 2.24) is 9.78 Å². The predicted octanol–water partition coefficient (Wildman–Crippen LogP) is 3.23. The predicted molar refractivity (Wildman–Crippen MR) is 109 cm³/mol. The maximum absolute atomic E-state index is 13.0. The average Bonchev–Trinajstić information content (AvgIpc) is 3.37. The Balaban J connectivity index is 1.55. The highest BCUT2D eigenvalue weighted by Crippen LogP contribution is 2.35. The molecule has 0 radical (unpaired) electrons. The molecule has 8 heteroatoms. The Hall–Kier alpha value is -3.13. The Bertz CT molecular complexity index is 1180. The van der Waals surface area contributed by atoms with E-state index in [1.165, 1.54) is 0 Å². The van der Waals surface area contributed by atoms with Gasteiger partial charge in [0.1, 0.15) is 5.82 Å². The minimum Gasteiger partial charge on any atom is -0.454 e. The van der Waals surface area contributed by atoms with Gasteiger partial charge >= 0.3 is 0 Å². The number of anilines is 1. The fourth-order valence-electron chi connectivity index (χ4n) is 3.69. The van der Waals surface area contributed by atoms with Gasteiger partial charge in [0.05, 0.1) is 22.9 Å². The van der Waals surface area contributed by atoms with E-state index in [9.17, 15) is 9.00 Å². The fraction of sp³-hybridized carbons (Fsp3) is 0.238. The number of nitrogens with zero attached hydrogens (tertiary/aromatic N) is 2. The third-order valence-corrected chi connectivity index (χ3v) is 6.32. The second kappa shape index (κ2) is 6.73. The van der Waals surface area contributed by atoms with E-state index in [0.29, 0.717) is 34.4 Å². The smallest absolute Gasteiger partial charge is 0.256 e. The molecule has 2 aliphatic rings. The van der Waals surface area contributed by atoms with E-state index < -0.39 is 10.8 Å². The first-order valence-corrected chi connectivity index (χ1v) is 10.7. The number of benzene rings is 2. The molecular weight excluding hydrogens is 390 g/mol. The summed E-state index contributed by atoms with van der Waals surface area (Å²) in [5.74, 6) is 2.25. The molecule has 1 aromatic heterocycles. The zero-order valence-electron chi connectivity index (χ0n) is 16.0. The summed E-state index contributed by atoms with van der Waals surface area (Å²) in [6, 6.07) is 11.1. The Morgan fingerprint density at radius 3 is 2.76 bits per heavy atom. The molecule has 0 saturated carbocycles. The second-order valence-electron chi connectivity index (χ2n) is 7.23. The van der Waals surface area contributed by atoms with Crippen LogP contribution in [0.3, 0.4) is 0 Å². The van der Waals surface area contributed by atoms with Gasteiger partial charge in [-0.1, -0.05) is 17.7 Å². The Labute approximate surface area is 170 Å². The van der Waals surface area contributed by atoms with Gasteiger partial charge in [-0.15, -0.1) is 0 Å². The van der Waals surface area contributed by atoms with E-state index in [2.05, 4.69) is 16.5 Å². The maximum Gasteiger partial charge on any atom is 0.256 e. The maximum atomic E-state index is 13.0. The minimum absolute atomic E-state index is 0.152. The van der Waals surface area contributed by atoms with E-state index in [4.69, 9.17) is 9.47 Å². The quantitative estimate of drug-likeness (QED) is 0.718. The summed E-state index contributed by atoms with van der Waals surface area (Å²) >= 11 is 0. The first-order valence-electron chi connectivity index (χ1n) is 9.24. The zero-order chi connectivity index (χ0) is 20.1. The van der Waals surface area contributed by atoms with Crippen molar-refractivity contribution in [3.05, 3.63) is 64.3 Å². The standard InChI is InChI=1S/C21H19N3O4S/c1-12-3-5-17(13(2)7-12)24-20(15-9-29(26)10-16(15)23-24)22-21(25)14-4-6-18-19(8-14)28-11-27-18/h3-8H,9-11H2,1-2H3,(H,22,25)/t29-/m1/s1. The van der Waals surface area contributed by atoms with E-state index in [1.54, 1.807) is 22.9 Å². The van der Waals surface area contributed by atoms with Gasteiger partial charge in [-0.3, -0.25) is 9.00 Å². The molecule has 1 N–H and O–H groups in total. The molecule has 0 bridgehead atoms. The summed E-state index contributed by atoms with van der Waals surface area (Å²) in [4.78, 5) is 13.0. The van der Waals surface area contributed by atoms with E-state index in [1.807, 2.05) is 26.0 Å². The molecule has 1 atom stereocenters. The normalized spacial score (nSPS) is 16.7. The van der Waals surface area contributed by atoms with Crippen molar-refractivity contribution < 1.29 is 18.5 Å². The Morgan fingerprint density at radius 2 is 1.93 bits per heavy atom. The molecule has 148 valence electrons. The van der Waals surface area contributed by atoms with Gasteiger partial charge in [-0.25, -0.2) is 4.68 Å². The van der Waals surface area contributed by atoms with Crippen LogP contribution in [0.4, 0.5) is 5.82 Å². The molecule has 0 unspecified atom stereocenters. The molecule has 0 saturated heterocycles. The molecule has 3 heterocycles. The highest BCUT2D eigenvalue weighted by molar-refractivity contribution is 7.83. The van der Waals surface area contributed by atoms with E-state index >= 15 is 0 Å². The van der Waals surface area contributed by atoms with Gasteiger partial charge in [0, 0.05) is 21.9 Å². The minimum atomic E-state index is -0.995. The average molecular weight is 409 g/mol. The van der Waals surface area contributed by atoms with E-state index in [0.717, 1.165) is 28.1 Å². The first kappa shape index (κ1) is 17.9. The molecule has 2 aromatic carbocycles. The number of rotatable bonds is 3. The number of hydrogen-bond acceptors (Lipinski definition) is 5. The third-order valence-electron chi connectivity index (χ3n) is 5.12. The van der Waals surface area contributed by atoms with Gasteiger partial charge in [-0.2, -0.15) is 5.10 Å². The molecule has 0 spiro atoms. The van der Waals surface area contributed by atoms with Crippen molar-refractivity contribution in [3.63, 3.8) is 0 Å². The van der Waals surface area contributed by atoms with Gasteiger partial charge in [-0.05, 0) is 43.7 Å². The number of hydrogen-bond donors (Lipinski definition) is 1. The summed E-state index contributed by atoms with van der Waals surface area (Å²) in [5.41, 5.74) is 5.14. The summed E-state index contributed by atoms with van der Waals surface area (Å²) in [5, 5.41) is 7.66. The number of carbonyl (C=O) groups is 1. The summed E-state index contributed by atoms with van der Waals surface area (Å²) in [6.45, 7) is 4.20. The van der Waals surface area contributed by atoms with E-state index in [-0.39, 0.29) is 12.7 Å². The van der Waals surface area contributed by atoms with Crippen LogP contribution in [-0.4, -0.2) is 26.7 Å². The van der Waals surface area contributed by atoms with Crippen LogP contribution in [0.2, 0.25) is 0 Å². The number of amides is 1. The number of nitrogens with one attached hydrogen (secondary N) is 1. The number of aromatic nitrogens is 2. The number of carbonyl (C=O) groups excluding carboxylic acids is 1. The molecule has 7 nitrogen and oxygen atoms in total. The molecular formula is C21H19N3O4S. The van der Waals surface area contributed by atoms with Crippen molar-refractivity contribution in [1.29, 1.82) is 0 Å². The summed E-state index contributed by atoms with van der Waals surface area (Å²) in [6.07, 6.45) is 0. The van der Waals surface area contributed by atoms with Crippen molar-refractivity contribution in [2.45, 2.75) is 25.4 Å². The first-order chi connectivity index (χ1) is 14.0. The lowest BCUT2D eigenvalue weighted by Gasteiger charge is -2.13. The SMILES string of the molecule is Cc1ccc(-n2nc3c(c2NC(=O)c2ccc4c(c2)OCO4)C[S@@](=O)C3)c(C)c1. The van der Waals surface area contributed by atoms with Gasteiger partial charge in [0.15, 0.2) is 11.5 Å². The van der Waals surface area contributed by atoms with Crippen LogP contribution in [-0.2, 0) is 22.3 Å². The number of aryl methyl sites for hydroxylation is 2. The van der Waals surface area contributed by atoms with Gasteiger partial charge in [0.2, 0.25) is 6.79 Å². The lowest BCUT2D eigenvalue weighted by atomic mass is 10.1. The number of ether oxygens (including phenoxy) is 2. The molecule has 0 fully saturated rings. The highest BCUT2D eigenvalue weighted by atomic mass is 32.2. The van der Waals surface area contributed by atoms with Crippen LogP contribution < -0.4 is 14.8 Å². The Kier molecular flexibility index (Phi) is 4.16. The molecule has 2 aliphatic heterocycles. The van der Waals surface area contributed by atoms with Crippen molar-refractivity contribution >= 4 is 22.5 Å². The summed E-state index contributed by atoms with van der Waals surface area (Å²) in [7, 11) is -0.995. The van der Waals surface area contributed by atoms with Crippen LogP contribution >= 0.6 is 0 Å². The topological polar surface area (TPSA) is 82.5 Å². The van der Waals surface area contributed by atoms with Crippen molar-refractivity contribution in [2.75, 3.05) is 12.1 Å². The van der Waals surface area contributed by atoms with Crippen LogP contribution in [0.15, 0.2) is 36.4 Å². The molecule has 3 aromatic rings. The zero-order valence-corrected chi connectivity index (χ0v) is 16.8. The lowest BCUT2D eigenvalue weighted by Crippen LogP contribution is -2.17. The third kappa shape index (κ3) is 3.09. The molecule has 1 amide bonds. The molecule has 5 rings (SSSR count). The van der Waals surface area contributed by atoms with Gasteiger partial charge in [0.25, 0.3) is 5.91 Å². The van der Waals surface area contributed by atoms with Crippen LogP contribution in [0, 0.1) is 13.8 Å². The van der Waals surface area contributed by atoms with Gasteiger partial charge < -0.3 is 14.8 Å². The number of fused-ring (bicyclic) bond motifs is 2. The monoisotopic (exact) mass is 409 g/mol. The molecule has 0 aliphatic carbocycles. The fourth-order valence-corrected chi connectivity index (χ4v) is 4.96. The highest BCUT2D eigenvalue weighted by Gasteiger charge is 2.29. The van der Waals surface area contributed by atoms with Crippen LogP contribution in [0.5, 0.6) is 11.5 Å². The van der Waals surface area contributed by atoms with Crippen LogP contribution in [0.25, 0.3) is 5.69 Å². The van der Waals surface area contributed by atoms with Crippen molar-refractivity contribution in [3.8, 4) is 17.2 Å². The lowest BCUT2D eigenvalue weighted by molar-refractivity contribution is 0.102. The second-order valence-corrected chi connectivity index (χ2v) is 8.68.